The molecule has 1 aliphatic carbocycles. The second-order valence-electron chi connectivity index (χ2n) is 5.96. The van der Waals surface area contributed by atoms with Gasteiger partial charge in [-0.05, 0) is 5.92 Å². The molecule has 0 aromatic rings. The average Bonchev–Trinajstić information content (AvgIpc) is 2.04. The molecule has 0 amide bonds. The fourth-order valence-corrected chi connectivity index (χ4v) is 3.66. The Kier molecular flexibility index (Phi) is 4.50. The summed E-state index contributed by atoms with van der Waals surface area (Å²) in [5.41, 5.74) is 0. The van der Waals surface area contributed by atoms with Crippen molar-refractivity contribution in [3.63, 3.8) is 0 Å². The first-order valence-corrected chi connectivity index (χ1v) is 9.79. The maximum Gasteiger partial charge on any atom is 0.0442 e. The molecule has 1 aliphatic rings. The molecule has 1 rings (SSSR count). The molecule has 0 N–H and O–H groups in total. The van der Waals surface area contributed by atoms with Gasteiger partial charge >= 0.3 is 0 Å². The molecule has 0 radical (unpaired) electrons. The van der Waals surface area contributed by atoms with Gasteiger partial charge in [-0.3, -0.25) is 0 Å². The third kappa shape index (κ3) is 5.51. The summed E-state index contributed by atoms with van der Waals surface area (Å²) in [6, 6.07) is 1.55. The minimum absolute atomic E-state index is 0.742. The van der Waals surface area contributed by atoms with E-state index < -0.39 is 8.07 Å². The minimum atomic E-state index is -0.742. The molecule has 0 aromatic heterocycles. The Balaban J connectivity index is 2.04. The molecule has 1 fully saturated rings. The zero-order valence-electron chi connectivity index (χ0n) is 9.73. The van der Waals surface area contributed by atoms with Gasteiger partial charge in [0.25, 0.3) is 0 Å². The van der Waals surface area contributed by atoms with Crippen molar-refractivity contribution >= 4 is 8.07 Å². The van der Waals surface area contributed by atoms with E-state index >= 15 is 0 Å². The Morgan fingerprint density at radius 3 is 2.15 bits per heavy atom. The second-order valence-corrected chi connectivity index (χ2v) is 11.6. The molecule has 13 heavy (non-hydrogen) atoms. The Morgan fingerprint density at radius 2 is 1.62 bits per heavy atom. The molecule has 0 heterocycles. The van der Waals surface area contributed by atoms with Crippen molar-refractivity contribution in [2.45, 2.75) is 70.6 Å². The molecular weight excluding hydrogens is 172 g/mol. The van der Waals surface area contributed by atoms with Crippen LogP contribution >= 0.6 is 0 Å². The lowest BCUT2D eigenvalue weighted by molar-refractivity contribution is 0.336. The fraction of sp³-hybridized carbons (Fsp3) is 1.00. The second kappa shape index (κ2) is 5.19. The summed E-state index contributed by atoms with van der Waals surface area (Å²) >= 11 is 0. The van der Waals surface area contributed by atoms with Gasteiger partial charge < -0.3 is 0 Å². The van der Waals surface area contributed by atoms with E-state index in [-0.39, 0.29) is 0 Å². The molecule has 0 saturated heterocycles. The Bertz CT molecular complexity index is 129. The summed E-state index contributed by atoms with van der Waals surface area (Å²) in [6.45, 7) is 7.48. The van der Waals surface area contributed by atoms with Crippen LogP contribution in [0.3, 0.4) is 0 Å². The van der Waals surface area contributed by atoms with E-state index in [1.165, 1.54) is 44.9 Å². The zero-order valence-corrected chi connectivity index (χ0v) is 10.7. The van der Waals surface area contributed by atoms with Crippen LogP contribution in [0.4, 0.5) is 0 Å². The van der Waals surface area contributed by atoms with Crippen molar-refractivity contribution in [2.75, 3.05) is 0 Å². The summed E-state index contributed by atoms with van der Waals surface area (Å²) in [6.07, 6.45) is 10.6. The van der Waals surface area contributed by atoms with Gasteiger partial charge in [-0.2, -0.15) is 0 Å². The minimum Gasteiger partial charge on any atom is -0.0695 e. The van der Waals surface area contributed by atoms with Crippen molar-refractivity contribution in [1.82, 2.24) is 0 Å². The predicted octanol–water partition coefficient (Wildman–Crippen LogP) is 4.69. The van der Waals surface area contributed by atoms with E-state index in [1.807, 2.05) is 0 Å². The normalized spacial score (nSPS) is 20.5. The lowest BCUT2D eigenvalue weighted by Gasteiger charge is -2.23. The molecule has 0 unspecified atom stereocenters. The van der Waals surface area contributed by atoms with Crippen LogP contribution in [0.25, 0.3) is 0 Å². The average molecular weight is 198 g/mol. The Hall–Kier alpha value is 0.217. The van der Waals surface area contributed by atoms with Crippen LogP contribution in [0.1, 0.15) is 44.9 Å². The smallest absolute Gasteiger partial charge is 0.0442 e. The highest BCUT2D eigenvalue weighted by molar-refractivity contribution is 6.76. The van der Waals surface area contributed by atoms with Crippen molar-refractivity contribution in [1.29, 1.82) is 0 Å². The summed E-state index contributed by atoms with van der Waals surface area (Å²) in [5, 5.41) is 0. The van der Waals surface area contributed by atoms with Crippen LogP contribution in [-0.2, 0) is 0 Å². The quantitative estimate of drug-likeness (QED) is 0.575. The first-order valence-electron chi connectivity index (χ1n) is 6.08. The Labute approximate surface area is 85.1 Å². The van der Waals surface area contributed by atoms with Crippen LogP contribution < -0.4 is 0 Å². The van der Waals surface area contributed by atoms with Crippen molar-refractivity contribution < 1.29 is 0 Å². The largest absolute Gasteiger partial charge is 0.0695 e. The summed E-state index contributed by atoms with van der Waals surface area (Å²) in [5.74, 6) is 1.10. The third-order valence-electron chi connectivity index (χ3n) is 3.26. The van der Waals surface area contributed by atoms with Gasteiger partial charge in [0.1, 0.15) is 0 Å². The van der Waals surface area contributed by atoms with Gasteiger partial charge in [0.05, 0.1) is 0 Å². The maximum atomic E-state index is 2.49. The number of rotatable bonds is 4. The first kappa shape index (κ1) is 11.3. The fourth-order valence-electron chi connectivity index (χ4n) is 2.40. The standard InChI is InChI=1S/C12H26Si/c1-13(2,3)11-7-10-12-8-5-4-6-9-12/h12H,4-11H2,1-3H3. The van der Waals surface area contributed by atoms with Crippen LogP contribution in [0.5, 0.6) is 0 Å². The van der Waals surface area contributed by atoms with Gasteiger partial charge in [-0.1, -0.05) is 70.6 Å². The number of hydrogen-bond donors (Lipinski definition) is 0. The molecular formula is C12H26Si. The molecule has 0 aromatic carbocycles. The predicted molar refractivity (Wildman–Crippen MR) is 64.0 cm³/mol. The molecule has 78 valence electrons. The summed E-state index contributed by atoms with van der Waals surface area (Å²) in [7, 11) is -0.742. The number of hydrogen-bond acceptors (Lipinski definition) is 0. The van der Waals surface area contributed by atoms with Gasteiger partial charge in [0, 0.05) is 8.07 Å². The van der Waals surface area contributed by atoms with Crippen molar-refractivity contribution in [3.8, 4) is 0 Å². The lowest BCUT2D eigenvalue weighted by atomic mass is 9.86. The molecule has 0 aliphatic heterocycles. The monoisotopic (exact) mass is 198 g/mol. The van der Waals surface area contributed by atoms with E-state index in [1.54, 1.807) is 6.04 Å². The van der Waals surface area contributed by atoms with Gasteiger partial charge in [-0.15, -0.1) is 0 Å². The van der Waals surface area contributed by atoms with E-state index in [0.29, 0.717) is 0 Å². The van der Waals surface area contributed by atoms with Crippen LogP contribution in [0.15, 0.2) is 0 Å². The van der Waals surface area contributed by atoms with Gasteiger partial charge in [-0.25, -0.2) is 0 Å². The lowest BCUT2D eigenvalue weighted by Crippen LogP contribution is -2.19. The highest BCUT2D eigenvalue weighted by atomic mass is 28.3. The highest BCUT2D eigenvalue weighted by Crippen LogP contribution is 2.28. The summed E-state index contributed by atoms with van der Waals surface area (Å²) < 4.78 is 0. The molecule has 0 atom stereocenters. The Morgan fingerprint density at radius 1 is 1.00 bits per heavy atom. The molecule has 1 saturated carbocycles. The van der Waals surface area contributed by atoms with Crippen LogP contribution in [-0.4, -0.2) is 8.07 Å². The third-order valence-corrected chi connectivity index (χ3v) is 5.12. The van der Waals surface area contributed by atoms with E-state index in [0.717, 1.165) is 5.92 Å². The molecule has 0 nitrogen and oxygen atoms in total. The maximum absolute atomic E-state index is 2.49. The first-order chi connectivity index (χ1) is 6.08. The van der Waals surface area contributed by atoms with E-state index in [9.17, 15) is 0 Å². The molecule has 1 heteroatoms. The summed E-state index contributed by atoms with van der Waals surface area (Å²) in [4.78, 5) is 0. The van der Waals surface area contributed by atoms with Crippen LogP contribution in [0.2, 0.25) is 25.7 Å². The highest BCUT2D eigenvalue weighted by Gasteiger charge is 2.16. The van der Waals surface area contributed by atoms with E-state index in [2.05, 4.69) is 19.6 Å². The van der Waals surface area contributed by atoms with Gasteiger partial charge in [0.2, 0.25) is 0 Å². The SMILES string of the molecule is C[Si](C)(C)CCCC1CCCCC1. The molecule has 0 bridgehead atoms. The van der Waals surface area contributed by atoms with E-state index in [4.69, 9.17) is 0 Å². The van der Waals surface area contributed by atoms with Crippen molar-refractivity contribution in [2.24, 2.45) is 5.92 Å². The van der Waals surface area contributed by atoms with Crippen molar-refractivity contribution in [3.05, 3.63) is 0 Å². The molecule has 0 spiro atoms. The van der Waals surface area contributed by atoms with Gasteiger partial charge in [0.15, 0.2) is 0 Å². The zero-order chi connectivity index (χ0) is 9.73. The van der Waals surface area contributed by atoms with Crippen LogP contribution in [0, 0.1) is 5.92 Å². The topological polar surface area (TPSA) is 0 Å².